The highest BCUT2D eigenvalue weighted by atomic mass is 19.1. The van der Waals surface area contributed by atoms with Crippen LogP contribution in [0.4, 0.5) is 4.39 Å². The Bertz CT molecular complexity index is 829. The lowest BCUT2D eigenvalue weighted by Crippen LogP contribution is -2.43. The molecule has 26 heavy (non-hydrogen) atoms. The summed E-state index contributed by atoms with van der Waals surface area (Å²) in [6.45, 7) is 4.36. The van der Waals surface area contributed by atoms with E-state index < -0.39 is 0 Å². The molecule has 0 N–H and O–H groups in total. The van der Waals surface area contributed by atoms with Gasteiger partial charge in [-0.25, -0.2) is 4.39 Å². The molecule has 2 aromatic carbocycles. The van der Waals surface area contributed by atoms with Crippen LogP contribution in [0.5, 0.6) is 5.75 Å². The van der Waals surface area contributed by atoms with Crippen molar-refractivity contribution in [2.75, 3.05) is 13.7 Å². The van der Waals surface area contributed by atoms with Gasteiger partial charge < -0.3 is 4.74 Å². The smallest absolute Gasteiger partial charge is 0.123 e. The molecular formula is C23H26FNO. The van der Waals surface area contributed by atoms with Crippen molar-refractivity contribution in [1.29, 1.82) is 0 Å². The van der Waals surface area contributed by atoms with Gasteiger partial charge in [-0.3, -0.25) is 4.90 Å². The van der Waals surface area contributed by atoms with Crippen molar-refractivity contribution < 1.29 is 9.13 Å². The van der Waals surface area contributed by atoms with E-state index in [1.165, 1.54) is 29.5 Å². The van der Waals surface area contributed by atoms with Crippen LogP contribution in [-0.4, -0.2) is 24.6 Å². The van der Waals surface area contributed by atoms with Crippen LogP contribution < -0.4 is 4.74 Å². The molecule has 0 radical (unpaired) electrons. The summed E-state index contributed by atoms with van der Waals surface area (Å²) in [6, 6.07) is 14.0. The normalized spacial score (nSPS) is 22.8. The number of benzene rings is 2. The van der Waals surface area contributed by atoms with Crippen molar-refractivity contribution in [2.45, 2.75) is 38.8 Å². The minimum atomic E-state index is -0.147. The molecule has 0 spiro atoms. The van der Waals surface area contributed by atoms with E-state index in [4.69, 9.17) is 4.74 Å². The number of halogens is 1. The maximum absolute atomic E-state index is 13.6. The average molecular weight is 351 g/mol. The first-order valence-electron chi connectivity index (χ1n) is 9.48. The molecule has 136 valence electrons. The summed E-state index contributed by atoms with van der Waals surface area (Å²) < 4.78 is 18.9. The van der Waals surface area contributed by atoms with Gasteiger partial charge in [0.05, 0.1) is 7.11 Å². The fourth-order valence-electron chi connectivity index (χ4n) is 4.39. The third-order valence-electron chi connectivity index (χ3n) is 5.71. The molecule has 0 amide bonds. The summed E-state index contributed by atoms with van der Waals surface area (Å²) in [6.07, 6.45) is 5.59. The molecule has 0 saturated carbocycles. The third kappa shape index (κ3) is 3.54. The summed E-state index contributed by atoms with van der Waals surface area (Å²) in [5.41, 5.74) is 5.02. The molecular weight excluding hydrogens is 325 g/mol. The van der Waals surface area contributed by atoms with E-state index in [0.717, 1.165) is 30.8 Å². The van der Waals surface area contributed by atoms with Crippen molar-refractivity contribution in [3.63, 3.8) is 0 Å². The van der Waals surface area contributed by atoms with Crippen molar-refractivity contribution in [3.05, 3.63) is 70.5 Å². The second-order valence-electron chi connectivity index (χ2n) is 7.72. The third-order valence-corrected chi connectivity index (χ3v) is 5.71. The van der Waals surface area contributed by atoms with Crippen molar-refractivity contribution in [3.8, 4) is 5.75 Å². The zero-order chi connectivity index (χ0) is 18.1. The Morgan fingerprint density at radius 1 is 1.15 bits per heavy atom. The number of nitrogens with zero attached hydrogens (tertiary/aromatic N) is 1. The molecule has 1 aliphatic heterocycles. The van der Waals surface area contributed by atoms with Crippen LogP contribution in [0.1, 0.15) is 36.5 Å². The van der Waals surface area contributed by atoms with Gasteiger partial charge in [-0.1, -0.05) is 31.2 Å². The number of hydrogen-bond acceptors (Lipinski definition) is 2. The Labute approximate surface area is 155 Å². The van der Waals surface area contributed by atoms with Gasteiger partial charge in [-0.15, -0.1) is 0 Å². The number of rotatable bonds is 4. The van der Waals surface area contributed by atoms with Crippen LogP contribution in [0, 0.1) is 11.7 Å². The highest BCUT2D eigenvalue weighted by Gasteiger charge is 2.31. The minimum absolute atomic E-state index is 0.147. The van der Waals surface area contributed by atoms with Crippen molar-refractivity contribution in [2.24, 2.45) is 5.92 Å². The molecule has 0 aromatic heterocycles. The average Bonchev–Trinajstić information content (AvgIpc) is 3.04. The molecule has 0 bridgehead atoms. The predicted molar refractivity (Wildman–Crippen MR) is 104 cm³/mol. The van der Waals surface area contributed by atoms with Gasteiger partial charge >= 0.3 is 0 Å². The summed E-state index contributed by atoms with van der Waals surface area (Å²) in [4.78, 5) is 2.59. The number of ether oxygens (including phenoxy) is 1. The maximum atomic E-state index is 13.6. The molecule has 2 unspecified atom stereocenters. The number of piperidine rings is 1. The Morgan fingerprint density at radius 3 is 2.88 bits per heavy atom. The lowest BCUT2D eigenvalue weighted by atomic mass is 9.88. The molecule has 2 aromatic rings. The topological polar surface area (TPSA) is 12.5 Å². The molecule has 2 aliphatic rings. The summed E-state index contributed by atoms with van der Waals surface area (Å²) in [5, 5.41) is 0. The van der Waals surface area contributed by atoms with Crippen LogP contribution in [0.25, 0.3) is 6.08 Å². The van der Waals surface area contributed by atoms with Crippen LogP contribution in [0.15, 0.2) is 48.0 Å². The predicted octanol–water partition coefficient (Wildman–Crippen LogP) is 5.07. The molecule has 1 saturated heterocycles. The van der Waals surface area contributed by atoms with Crippen LogP contribution in [0.2, 0.25) is 0 Å². The second-order valence-corrected chi connectivity index (χ2v) is 7.72. The Kier molecular flexibility index (Phi) is 4.82. The number of likely N-dealkylation sites (tertiary alicyclic amines) is 1. The van der Waals surface area contributed by atoms with Gasteiger partial charge in [0.25, 0.3) is 0 Å². The molecule has 1 fully saturated rings. The van der Waals surface area contributed by atoms with Crippen molar-refractivity contribution in [1.82, 2.24) is 4.90 Å². The van der Waals surface area contributed by atoms with Gasteiger partial charge in [0.1, 0.15) is 11.6 Å². The van der Waals surface area contributed by atoms with Crippen LogP contribution in [-0.2, 0) is 13.0 Å². The summed E-state index contributed by atoms with van der Waals surface area (Å²) in [5.74, 6) is 1.47. The number of hydrogen-bond donors (Lipinski definition) is 0. The number of methoxy groups -OCH3 is 1. The van der Waals surface area contributed by atoms with Gasteiger partial charge in [-0.2, -0.15) is 0 Å². The monoisotopic (exact) mass is 351 g/mol. The van der Waals surface area contributed by atoms with Gasteiger partial charge in [0.15, 0.2) is 0 Å². The molecule has 3 heteroatoms. The van der Waals surface area contributed by atoms with Crippen LogP contribution >= 0.6 is 0 Å². The van der Waals surface area contributed by atoms with E-state index in [0.29, 0.717) is 12.0 Å². The van der Waals surface area contributed by atoms with E-state index in [1.807, 2.05) is 12.1 Å². The molecule has 4 rings (SSSR count). The lowest BCUT2D eigenvalue weighted by Gasteiger charge is -2.39. The number of fused-ring (bicyclic) bond motifs is 1. The van der Waals surface area contributed by atoms with E-state index in [9.17, 15) is 4.39 Å². The summed E-state index contributed by atoms with van der Waals surface area (Å²) in [7, 11) is 1.71. The van der Waals surface area contributed by atoms with E-state index in [-0.39, 0.29) is 5.82 Å². The fraction of sp³-hybridized carbons (Fsp3) is 0.391. The minimum Gasteiger partial charge on any atom is -0.497 e. The zero-order valence-corrected chi connectivity index (χ0v) is 15.5. The standard InChI is InChI=1S/C23H26FNO/c1-16-6-9-23(20-11-18-7-8-21(24)13-19(18)12-20)25(14-16)15-17-4-3-5-22(10-17)26-2/h3-5,7-8,10,12-13,16,23H,6,9,11,14-15H2,1-2H3. The first-order chi connectivity index (χ1) is 12.6. The van der Waals surface area contributed by atoms with E-state index >= 15 is 0 Å². The van der Waals surface area contributed by atoms with Gasteiger partial charge in [0, 0.05) is 19.1 Å². The first-order valence-corrected chi connectivity index (χ1v) is 9.48. The van der Waals surface area contributed by atoms with Crippen LogP contribution in [0.3, 0.4) is 0 Å². The highest BCUT2D eigenvalue weighted by molar-refractivity contribution is 5.65. The zero-order valence-electron chi connectivity index (χ0n) is 15.5. The Hall–Kier alpha value is -2.13. The molecule has 2 atom stereocenters. The fourth-order valence-corrected chi connectivity index (χ4v) is 4.39. The SMILES string of the molecule is COc1cccc(CN2CC(C)CCC2C2=Cc3cc(F)ccc3C2)c1. The highest BCUT2D eigenvalue weighted by Crippen LogP contribution is 2.35. The second kappa shape index (κ2) is 7.24. The molecule has 2 nitrogen and oxygen atoms in total. The largest absolute Gasteiger partial charge is 0.497 e. The van der Waals surface area contributed by atoms with Gasteiger partial charge in [-0.05, 0) is 71.7 Å². The van der Waals surface area contributed by atoms with Gasteiger partial charge in [0.2, 0.25) is 0 Å². The lowest BCUT2D eigenvalue weighted by molar-refractivity contribution is 0.126. The summed E-state index contributed by atoms with van der Waals surface area (Å²) >= 11 is 0. The van der Waals surface area contributed by atoms with Crippen molar-refractivity contribution >= 4 is 6.08 Å². The molecule has 1 heterocycles. The Balaban J connectivity index is 1.57. The van der Waals surface area contributed by atoms with E-state index in [1.54, 1.807) is 19.2 Å². The first kappa shape index (κ1) is 17.3. The Morgan fingerprint density at radius 2 is 2.04 bits per heavy atom. The van der Waals surface area contributed by atoms with E-state index in [2.05, 4.69) is 36.1 Å². The maximum Gasteiger partial charge on any atom is 0.123 e. The molecule has 1 aliphatic carbocycles. The quantitative estimate of drug-likeness (QED) is 0.762.